The first-order chi connectivity index (χ1) is 9.59. The molecule has 3 nitrogen and oxygen atoms in total. The zero-order valence-electron chi connectivity index (χ0n) is 11.3. The summed E-state index contributed by atoms with van der Waals surface area (Å²) in [6, 6.07) is 13.3. The highest BCUT2D eigenvalue weighted by molar-refractivity contribution is 7.80. The molecule has 0 aliphatic heterocycles. The Morgan fingerprint density at radius 3 is 2.45 bits per heavy atom. The molecule has 0 saturated heterocycles. The fourth-order valence-electron chi connectivity index (χ4n) is 2.39. The number of thiol groups is 1. The maximum atomic E-state index is 12.8. The third kappa shape index (κ3) is 1.93. The average molecular weight is 282 g/mol. The summed E-state index contributed by atoms with van der Waals surface area (Å²) in [4.78, 5) is 18.0. The highest BCUT2D eigenvalue weighted by atomic mass is 32.1. The van der Waals surface area contributed by atoms with E-state index in [1.54, 1.807) is 4.57 Å². The van der Waals surface area contributed by atoms with Crippen LogP contribution in [0.2, 0.25) is 0 Å². The topological polar surface area (TPSA) is 34.9 Å². The van der Waals surface area contributed by atoms with Crippen LogP contribution in [0.15, 0.2) is 52.2 Å². The molecule has 0 fully saturated rings. The second kappa shape index (κ2) is 4.80. The minimum absolute atomic E-state index is 0.0765. The first kappa shape index (κ1) is 12.9. The number of hydrogen-bond acceptors (Lipinski definition) is 3. The number of benzene rings is 2. The molecule has 0 radical (unpaired) electrons. The van der Waals surface area contributed by atoms with E-state index in [-0.39, 0.29) is 5.56 Å². The van der Waals surface area contributed by atoms with Crippen molar-refractivity contribution in [2.24, 2.45) is 0 Å². The summed E-state index contributed by atoms with van der Waals surface area (Å²) < 4.78 is 1.63. The van der Waals surface area contributed by atoms with Crippen molar-refractivity contribution in [2.45, 2.75) is 18.7 Å². The van der Waals surface area contributed by atoms with Crippen LogP contribution >= 0.6 is 12.6 Å². The molecule has 100 valence electrons. The number of para-hydroxylation sites is 1. The fourth-order valence-corrected chi connectivity index (χ4v) is 2.67. The van der Waals surface area contributed by atoms with Crippen LogP contribution in [0, 0.1) is 13.8 Å². The summed E-state index contributed by atoms with van der Waals surface area (Å²) >= 11 is 4.41. The lowest BCUT2D eigenvalue weighted by atomic mass is 10.1. The van der Waals surface area contributed by atoms with Crippen molar-refractivity contribution in [3.05, 3.63) is 64.2 Å². The predicted molar refractivity (Wildman–Crippen MR) is 84.1 cm³/mol. The Labute approximate surface area is 122 Å². The molecule has 20 heavy (non-hydrogen) atoms. The van der Waals surface area contributed by atoms with E-state index in [1.807, 2.05) is 56.3 Å². The lowest BCUT2D eigenvalue weighted by Gasteiger charge is -2.12. The molecule has 3 aromatic rings. The molecule has 1 heterocycles. The van der Waals surface area contributed by atoms with E-state index in [0.717, 1.165) is 16.8 Å². The molecule has 4 heteroatoms. The largest absolute Gasteiger partial charge is 0.268 e. The van der Waals surface area contributed by atoms with E-state index < -0.39 is 0 Å². The molecule has 0 saturated carbocycles. The van der Waals surface area contributed by atoms with Crippen LogP contribution in [0.4, 0.5) is 0 Å². The van der Waals surface area contributed by atoms with Gasteiger partial charge in [0.25, 0.3) is 5.56 Å². The van der Waals surface area contributed by atoms with Crippen LogP contribution in [0.3, 0.4) is 0 Å². The standard InChI is InChI=1S/C16H14N2OS/c1-10-8-9-13(20)14-15(10)17-11(2)18(16(14)19)12-6-4-3-5-7-12/h3-9,20H,1-2H3. The zero-order chi connectivity index (χ0) is 14.3. The Bertz CT molecular complexity index is 854. The second-order valence-corrected chi connectivity index (χ2v) is 5.24. The number of rotatable bonds is 1. The van der Waals surface area contributed by atoms with Gasteiger partial charge in [-0.2, -0.15) is 0 Å². The van der Waals surface area contributed by atoms with Gasteiger partial charge in [-0.15, -0.1) is 12.6 Å². The Kier molecular flexibility index (Phi) is 3.10. The first-order valence-corrected chi connectivity index (χ1v) is 6.81. The van der Waals surface area contributed by atoms with Gasteiger partial charge < -0.3 is 0 Å². The van der Waals surface area contributed by atoms with Crippen molar-refractivity contribution >= 4 is 23.5 Å². The SMILES string of the molecule is Cc1ccc(S)c2c(=O)n(-c3ccccc3)c(C)nc12. The highest BCUT2D eigenvalue weighted by Gasteiger charge is 2.13. The quantitative estimate of drug-likeness (QED) is 0.695. The van der Waals surface area contributed by atoms with Crippen molar-refractivity contribution in [3.8, 4) is 5.69 Å². The van der Waals surface area contributed by atoms with Crippen molar-refractivity contribution in [3.63, 3.8) is 0 Å². The van der Waals surface area contributed by atoms with Gasteiger partial charge in [-0.05, 0) is 37.6 Å². The van der Waals surface area contributed by atoms with Crippen LogP contribution in [0.1, 0.15) is 11.4 Å². The Morgan fingerprint density at radius 2 is 1.75 bits per heavy atom. The van der Waals surface area contributed by atoms with Gasteiger partial charge in [-0.25, -0.2) is 4.98 Å². The van der Waals surface area contributed by atoms with Gasteiger partial charge in [-0.3, -0.25) is 9.36 Å². The summed E-state index contributed by atoms with van der Waals surface area (Å²) in [6.45, 7) is 3.80. The molecule has 0 N–H and O–H groups in total. The summed E-state index contributed by atoms with van der Waals surface area (Å²) in [5.41, 5.74) is 2.46. The third-order valence-electron chi connectivity index (χ3n) is 3.39. The Balaban J connectivity index is 2.48. The van der Waals surface area contributed by atoms with E-state index >= 15 is 0 Å². The first-order valence-electron chi connectivity index (χ1n) is 6.37. The van der Waals surface area contributed by atoms with Crippen LogP contribution in [0.5, 0.6) is 0 Å². The van der Waals surface area contributed by atoms with Crippen LogP contribution in [-0.2, 0) is 0 Å². The summed E-state index contributed by atoms with van der Waals surface area (Å²) in [5, 5.41) is 0.572. The molecule has 0 unspecified atom stereocenters. The number of fused-ring (bicyclic) bond motifs is 1. The summed E-state index contributed by atoms with van der Waals surface area (Å²) in [7, 11) is 0. The Morgan fingerprint density at radius 1 is 1.05 bits per heavy atom. The molecule has 3 rings (SSSR count). The number of nitrogens with zero attached hydrogens (tertiary/aromatic N) is 2. The predicted octanol–water partition coefficient (Wildman–Crippen LogP) is 3.29. The van der Waals surface area contributed by atoms with E-state index in [4.69, 9.17) is 0 Å². The molecule has 2 aromatic carbocycles. The molecule has 0 bridgehead atoms. The van der Waals surface area contributed by atoms with Crippen molar-refractivity contribution in [1.82, 2.24) is 9.55 Å². The lowest BCUT2D eigenvalue weighted by molar-refractivity contribution is 0.890. The number of hydrogen-bond donors (Lipinski definition) is 1. The van der Waals surface area contributed by atoms with Crippen molar-refractivity contribution in [1.29, 1.82) is 0 Å². The van der Waals surface area contributed by atoms with Crippen LogP contribution < -0.4 is 5.56 Å². The van der Waals surface area contributed by atoms with E-state index in [9.17, 15) is 4.79 Å². The second-order valence-electron chi connectivity index (χ2n) is 4.76. The normalized spacial score (nSPS) is 10.9. The minimum atomic E-state index is -0.0765. The van der Waals surface area contributed by atoms with Gasteiger partial charge in [0.15, 0.2) is 0 Å². The maximum Gasteiger partial charge on any atom is 0.267 e. The lowest BCUT2D eigenvalue weighted by Crippen LogP contribution is -2.22. The van der Waals surface area contributed by atoms with Gasteiger partial charge in [0.1, 0.15) is 5.82 Å². The monoisotopic (exact) mass is 282 g/mol. The summed E-state index contributed by atoms with van der Waals surface area (Å²) in [5.74, 6) is 0.677. The summed E-state index contributed by atoms with van der Waals surface area (Å²) in [6.07, 6.45) is 0. The average Bonchev–Trinajstić information content (AvgIpc) is 2.44. The Hall–Kier alpha value is -2.07. The molecule has 0 aliphatic carbocycles. The molecule has 1 aromatic heterocycles. The van der Waals surface area contributed by atoms with Crippen molar-refractivity contribution in [2.75, 3.05) is 0 Å². The van der Waals surface area contributed by atoms with E-state index in [0.29, 0.717) is 16.1 Å². The van der Waals surface area contributed by atoms with Gasteiger partial charge in [0.05, 0.1) is 16.6 Å². The third-order valence-corrected chi connectivity index (χ3v) is 3.76. The van der Waals surface area contributed by atoms with Crippen LogP contribution in [-0.4, -0.2) is 9.55 Å². The van der Waals surface area contributed by atoms with Crippen LogP contribution in [0.25, 0.3) is 16.6 Å². The fraction of sp³-hybridized carbons (Fsp3) is 0.125. The van der Waals surface area contributed by atoms with Gasteiger partial charge in [-0.1, -0.05) is 24.3 Å². The van der Waals surface area contributed by atoms with Crippen molar-refractivity contribution < 1.29 is 0 Å². The van der Waals surface area contributed by atoms with Gasteiger partial charge in [0, 0.05) is 4.90 Å². The molecule has 0 aliphatic rings. The molecule has 0 spiro atoms. The van der Waals surface area contributed by atoms with E-state index in [1.165, 1.54) is 0 Å². The minimum Gasteiger partial charge on any atom is -0.268 e. The molecule has 0 atom stereocenters. The molecular weight excluding hydrogens is 268 g/mol. The smallest absolute Gasteiger partial charge is 0.267 e. The maximum absolute atomic E-state index is 12.8. The zero-order valence-corrected chi connectivity index (χ0v) is 12.2. The van der Waals surface area contributed by atoms with Gasteiger partial charge >= 0.3 is 0 Å². The number of aryl methyl sites for hydroxylation is 2. The number of aromatic nitrogens is 2. The molecular formula is C16H14N2OS. The van der Waals surface area contributed by atoms with E-state index in [2.05, 4.69) is 17.6 Å². The highest BCUT2D eigenvalue weighted by Crippen LogP contribution is 2.21. The molecule has 0 amide bonds. The van der Waals surface area contributed by atoms with Gasteiger partial charge in [0.2, 0.25) is 0 Å².